The number of hydrogen-bond donors (Lipinski definition) is 1. The number of rotatable bonds is 1. The third-order valence-corrected chi connectivity index (χ3v) is 3.65. The van der Waals surface area contributed by atoms with Crippen LogP contribution in [0, 0.1) is 6.92 Å². The molecule has 1 nitrogen and oxygen atoms in total. The molecule has 0 bridgehead atoms. The second-order valence-corrected chi connectivity index (χ2v) is 4.80. The van der Waals surface area contributed by atoms with Crippen molar-refractivity contribution in [1.82, 2.24) is 0 Å². The Kier molecular flexibility index (Phi) is 2.60. The zero-order valence-corrected chi connectivity index (χ0v) is 10.1. The van der Waals surface area contributed by atoms with Crippen LogP contribution in [-0.4, -0.2) is 6.54 Å². The Balaban J connectivity index is 1.92. The third-order valence-electron chi connectivity index (χ3n) is 3.65. The molecule has 1 aliphatic heterocycles. The van der Waals surface area contributed by atoms with Gasteiger partial charge in [0.2, 0.25) is 0 Å². The van der Waals surface area contributed by atoms with Gasteiger partial charge >= 0.3 is 0 Å². The Morgan fingerprint density at radius 3 is 2.65 bits per heavy atom. The smallest absolute Gasteiger partial charge is 0.0373 e. The fourth-order valence-electron chi connectivity index (χ4n) is 2.71. The van der Waals surface area contributed by atoms with Crippen molar-refractivity contribution in [2.45, 2.75) is 19.3 Å². The predicted octanol–water partition coefficient (Wildman–Crippen LogP) is 3.75. The van der Waals surface area contributed by atoms with E-state index >= 15 is 0 Å². The average Bonchev–Trinajstić information content (AvgIpc) is 2.39. The molecule has 0 saturated heterocycles. The second-order valence-electron chi connectivity index (χ2n) is 4.80. The van der Waals surface area contributed by atoms with E-state index in [4.69, 9.17) is 0 Å². The second kappa shape index (κ2) is 4.25. The summed E-state index contributed by atoms with van der Waals surface area (Å²) in [4.78, 5) is 0. The molecule has 17 heavy (non-hydrogen) atoms. The van der Waals surface area contributed by atoms with Crippen molar-refractivity contribution in [3.63, 3.8) is 0 Å². The summed E-state index contributed by atoms with van der Waals surface area (Å²) in [5.74, 6) is 0.603. The molecule has 3 rings (SSSR count). The molecule has 0 spiro atoms. The Bertz CT molecular complexity index is 531. The molecular weight excluding hydrogens is 206 g/mol. The van der Waals surface area contributed by atoms with Crippen molar-refractivity contribution < 1.29 is 0 Å². The summed E-state index contributed by atoms with van der Waals surface area (Å²) in [6, 6.07) is 17.3. The number of benzene rings is 2. The summed E-state index contributed by atoms with van der Waals surface area (Å²) in [6.45, 7) is 3.25. The van der Waals surface area contributed by atoms with E-state index in [0.717, 1.165) is 13.0 Å². The summed E-state index contributed by atoms with van der Waals surface area (Å²) in [5, 5.41) is 3.54. The summed E-state index contributed by atoms with van der Waals surface area (Å²) in [5.41, 5.74) is 5.62. The minimum absolute atomic E-state index is 0.603. The van der Waals surface area contributed by atoms with E-state index in [9.17, 15) is 0 Å². The van der Waals surface area contributed by atoms with Gasteiger partial charge in [-0.05, 0) is 36.1 Å². The topological polar surface area (TPSA) is 12.0 Å². The van der Waals surface area contributed by atoms with E-state index in [1.807, 2.05) is 0 Å². The number of aryl methyl sites for hydroxylation is 1. The highest BCUT2D eigenvalue weighted by Crippen LogP contribution is 2.31. The lowest BCUT2D eigenvalue weighted by atomic mass is 9.86. The number of para-hydroxylation sites is 1. The first-order valence-electron chi connectivity index (χ1n) is 6.22. The monoisotopic (exact) mass is 223 g/mol. The number of nitrogens with one attached hydrogen (secondary N) is 1. The summed E-state index contributed by atoms with van der Waals surface area (Å²) in [6.07, 6.45) is 1.15. The van der Waals surface area contributed by atoms with Crippen LogP contribution in [-0.2, 0) is 6.42 Å². The maximum Gasteiger partial charge on any atom is 0.0373 e. The van der Waals surface area contributed by atoms with Gasteiger partial charge in [0.05, 0.1) is 0 Å². The van der Waals surface area contributed by atoms with Gasteiger partial charge in [0.1, 0.15) is 0 Å². The lowest BCUT2D eigenvalue weighted by Gasteiger charge is -2.27. The minimum atomic E-state index is 0.603. The van der Waals surface area contributed by atoms with Crippen molar-refractivity contribution in [3.8, 4) is 0 Å². The summed E-state index contributed by atoms with van der Waals surface area (Å²) < 4.78 is 0. The Hall–Kier alpha value is -1.76. The van der Waals surface area contributed by atoms with E-state index in [1.165, 1.54) is 22.4 Å². The first-order valence-corrected chi connectivity index (χ1v) is 6.22. The zero-order valence-electron chi connectivity index (χ0n) is 10.1. The van der Waals surface area contributed by atoms with Gasteiger partial charge in [-0.25, -0.2) is 0 Å². The molecule has 0 amide bonds. The van der Waals surface area contributed by atoms with Crippen LogP contribution in [0.4, 0.5) is 5.69 Å². The maximum atomic E-state index is 3.54. The van der Waals surface area contributed by atoms with Gasteiger partial charge in [-0.15, -0.1) is 0 Å². The van der Waals surface area contributed by atoms with Crippen molar-refractivity contribution in [2.24, 2.45) is 0 Å². The molecule has 0 saturated carbocycles. The minimum Gasteiger partial charge on any atom is -0.384 e. The fraction of sp³-hybridized carbons (Fsp3) is 0.250. The molecule has 86 valence electrons. The van der Waals surface area contributed by atoms with Gasteiger partial charge in [-0.1, -0.05) is 42.5 Å². The summed E-state index contributed by atoms with van der Waals surface area (Å²) in [7, 11) is 0. The molecular formula is C16H17N. The molecule has 0 aromatic heterocycles. The Morgan fingerprint density at radius 2 is 1.76 bits per heavy atom. The van der Waals surface area contributed by atoms with Gasteiger partial charge in [0.15, 0.2) is 0 Å². The molecule has 1 heterocycles. The lowest BCUT2D eigenvalue weighted by Crippen LogP contribution is -2.21. The van der Waals surface area contributed by atoms with Crippen molar-refractivity contribution in [3.05, 3.63) is 65.2 Å². The average molecular weight is 223 g/mol. The van der Waals surface area contributed by atoms with E-state index in [1.54, 1.807) is 0 Å². The SMILES string of the molecule is Cc1ccccc1C1CNc2ccccc2C1. The van der Waals surface area contributed by atoms with E-state index in [2.05, 4.69) is 60.8 Å². The van der Waals surface area contributed by atoms with E-state index in [0.29, 0.717) is 5.92 Å². The van der Waals surface area contributed by atoms with Gasteiger partial charge < -0.3 is 5.32 Å². The largest absolute Gasteiger partial charge is 0.384 e. The number of anilines is 1. The van der Waals surface area contributed by atoms with E-state index < -0.39 is 0 Å². The van der Waals surface area contributed by atoms with Crippen molar-refractivity contribution in [2.75, 3.05) is 11.9 Å². The van der Waals surface area contributed by atoms with Crippen LogP contribution in [0.1, 0.15) is 22.6 Å². The van der Waals surface area contributed by atoms with Gasteiger partial charge in [-0.3, -0.25) is 0 Å². The molecule has 2 aromatic carbocycles. The molecule has 0 aliphatic carbocycles. The molecule has 1 heteroatoms. The van der Waals surface area contributed by atoms with Crippen LogP contribution in [0.2, 0.25) is 0 Å². The van der Waals surface area contributed by atoms with Crippen LogP contribution in [0.15, 0.2) is 48.5 Å². The van der Waals surface area contributed by atoms with Crippen LogP contribution < -0.4 is 5.32 Å². The Morgan fingerprint density at radius 1 is 1.00 bits per heavy atom. The molecule has 1 atom stereocenters. The van der Waals surface area contributed by atoms with Crippen LogP contribution in [0.5, 0.6) is 0 Å². The normalized spacial score (nSPS) is 18.3. The quantitative estimate of drug-likeness (QED) is 0.776. The van der Waals surface area contributed by atoms with Gasteiger partial charge in [-0.2, -0.15) is 0 Å². The molecule has 0 radical (unpaired) electrons. The molecule has 0 fully saturated rings. The van der Waals surface area contributed by atoms with Crippen LogP contribution in [0.25, 0.3) is 0 Å². The van der Waals surface area contributed by atoms with Crippen molar-refractivity contribution >= 4 is 5.69 Å². The Labute approximate surface area is 102 Å². The molecule has 1 N–H and O–H groups in total. The number of hydrogen-bond acceptors (Lipinski definition) is 1. The van der Waals surface area contributed by atoms with Crippen molar-refractivity contribution in [1.29, 1.82) is 0 Å². The molecule has 2 aromatic rings. The first-order chi connectivity index (χ1) is 8.34. The highest BCUT2D eigenvalue weighted by atomic mass is 14.9. The third kappa shape index (κ3) is 1.93. The van der Waals surface area contributed by atoms with Gasteiger partial charge in [0, 0.05) is 18.2 Å². The van der Waals surface area contributed by atoms with E-state index in [-0.39, 0.29) is 0 Å². The lowest BCUT2D eigenvalue weighted by molar-refractivity contribution is 0.690. The predicted molar refractivity (Wildman–Crippen MR) is 72.6 cm³/mol. The standard InChI is InChI=1S/C16H17N/c1-12-6-2-4-8-15(12)14-10-13-7-3-5-9-16(13)17-11-14/h2-9,14,17H,10-11H2,1H3. The van der Waals surface area contributed by atoms with Gasteiger partial charge in [0.25, 0.3) is 0 Å². The number of fused-ring (bicyclic) bond motifs is 1. The van der Waals surface area contributed by atoms with Crippen LogP contribution >= 0.6 is 0 Å². The zero-order chi connectivity index (χ0) is 11.7. The molecule has 1 unspecified atom stereocenters. The highest BCUT2D eigenvalue weighted by Gasteiger charge is 2.20. The fourth-order valence-corrected chi connectivity index (χ4v) is 2.71. The highest BCUT2D eigenvalue weighted by molar-refractivity contribution is 5.54. The first kappa shape index (κ1) is 10.4. The van der Waals surface area contributed by atoms with Crippen LogP contribution in [0.3, 0.4) is 0 Å². The molecule has 1 aliphatic rings. The maximum absolute atomic E-state index is 3.54. The summed E-state index contributed by atoms with van der Waals surface area (Å²) >= 11 is 0.